The van der Waals surface area contributed by atoms with Crippen molar-refractivity contribution in [2.24, 2.45) is 0 Å². The van der Waals surface area contributed by atoms with Crippen LogP contribution in [0.4, 0.5) is 5.00 Å². The number of aryl methyl sites for hydroxylation is 1. The van der Waals surface area contributed by atoms with Crippen molar-refractivity contribution >= 4 is 40.0 Å². The van der Waals surface area contributed by atoms with Crippen LogP contribution in [0.3, 0.4) is 0 Å². The Kier molecular flexibility index (Phi) is 8.12. The van der Waals surface area contributed by atoms with Crippen LogP contribution in [0.25, 0.3) is 11.5 Å². The Hall–Kier alpha value is -2.98. The van der Waals surface area contributed by atoms with E-state index in [2.05, 4.69) is 27.1 Å². The Morgan fingerprint density at radius 3 is 2.88 bits per heavy atom. The molecule has 3 aromatic heterocycles. The van der Waals surface area contributed by atoms with Crippen molar-refractivity contribution in [1.82, 2.24) is 19.7 Å². The maximum Gasteiger partial charge on any atom is 0.341 e. The summed E-state index contributed by atoms with van der Waals surface area (Å²) in [6.07, 6.45) is 8.50. The number of nitrogens with one attached hydrogen (secondary N) is 1. The maximum atomic E-state index is 12.9. The van der Waals surface area contributed by atoms with Gasteiger partial charge in [-0.25, -0.2) is 4.79 Å². The minimum atomic E-state index is -0.365. The molecule has 0 aromatic carbocycles. The van der Waals surface area contributed by atoms with Crippen LogP contribution >= 0.6 is 23.1 Å². The average Bonchev–Trinajstić information content (AvgIpc) is 3.31. The lowest BCUT2D eigenvalue weighted by molar-refractivity contribution is -0.113. The van der Waals surface area contributed by atoms with Crippen molar-refractivity contribution in [1.29, 1.82) is 0 Å². The van der Waals surface area contributed by atoms with Crippen LogP contribution in [-0.4, -0.2) is 44.0 Å². The number of aromatic nitrogens is 4. The first-order valence-corrected chi connectivity index (χ1v) is 13.1. The van der Waals surface area contributed by atoms with Crippen LogP contribution in [0.15, 0.2) is 42.2 Å². The quantitative estimate of drug-likeness (QED) is 0.197. The van der Waals surface area contributed by atoms with Crippen molar-refractivity contribution < 1.29 is 14.3 Å². The van der Waals surface area contributed by atoms with Gasteiger partial charge >= 0.3 is 5.97 Å². The number of nitrogens with zero attached hydrogens (tertiary/aromatic N) is 4. The Morgan fingerprint density at radius 2 is 2.12 bits per heavy atom. The van der Waals surface area contributed by atoms with E-state index in [1.165, 1.54) is 28.0 Å². The van der Waals surface area contributed by atoms with E-state index in [-0.39, 0.29) is 17.6 Å². The molecule has 0 atom stereocenters. The Balaban J connectivity index is 1.50. The van der Waals surface area contributed by atoms with E-state index < -0.39 is 0 Å². The number of fused-ring (bicyclic) bond motifs is 1. The largest absolute Gasteiger partial charge is 0.462 e. The molecule has 1 amide bonds. The molecule has 0 radical (unpaired) electrons. The SMILES string of the molecule is C=CCn1c(SCC(=O)Nc2sc3c(c2C(=O)OCC)CCCCC3)nnc1-c1ccccn1. The number of hydrogen-bond acceptors (Lipinski definition) is 8. The van der Waals surface area contributed by atoms with Gasteiger partial charge in [0.2, 0.25) is 5.91 Å². The average molecular weight is 498 g/mol. The number of carbonyl (C=O) groups excluding carboxylic acids is 2. The van der Waals surface area contributed by atoms with Gasteiger partial charge in [-0.1, -0.05) is 30.3 Å². The van der Waals surface area contributed by atoms with E-state index in [9.17, 15) is 9.59 Å². The molecule has 0 fully saturated rings. The van der Waals surface area contributed by atoms with E-state index in [4.69, 9.17) is 4.74 Å². The molecule has 0 aliphatic heterocycles. The Morgan fingerprint density at radius 1 is 1.26 bits per heavy atom. The van der Waals surface area contributed by atoms with Crippen LogP contribution in [0.2, 0.25) is 0 Å². The normalized spacial score (nSPS) is 13.1. The number of carbonyl (C=O) groups is 2. The highest BCUT2D eigenvalue weighted by atomic mass is 32.2. The molecule has 3 aromatic rings. The Bertz CT molecular complexity index is 1170. The number of pyridine rings is 1. The molecule has 34 heavy (non-hydrogen) atoms. The number of hydrogen-bond donors (Lipinski definition) is 1. The molecule has 8 nitrogen and oxygen atoms in total. The lowest BCUT2D eigenvalue weighted by Gasteiger charge is -2.09. The topological polar surface area (TPSA) is 99.0 Å². The third-order valence-electron chi connectivity index (χ3n) is 5.41. The first kappa shape index (κ1) is 24.2. The van der Waals surface area contributed by atoms with Crippen molar-refractivity contribution in [3.8, 4) is 11.5 Å². The van der Waals surface area contributed by atoms with Gasteiger partial charge in [-0.2, -0.15) is 0 Å². The first-order valence-electron chi connectivity index (χ1n) is 11.3. The number of esters is 1. The summed E-state index contributed by atoms with van der Waals surface area (Å²) >= 11 is 2.78. The molecule has 10 heteroatoms. The van der Waals surface area contributed by atoms with E-state index in [0.717, 1.165) is 37.7 Å². The van der Waals surface area contributed by atoms with Crippen molar-refractivity contribution in [2.45, 2.75) is 50.7 Å². The molecule has 0 saturated carbocycles. The zero-order valence-corrected chi connectivity index (χ0v) is 20.7. The van der Waals surface area contributed by atoms with Gasteiger partial charge in [0.15, 0.2) is 11.0 Å². The third kappa shape index (κ3) is 5.39. The molecule has 0 unspecified atom stereocenters. The number of ether oxygens (including phenoxy) is 1. The fourth-order valence-corrected chi connectivity index (χ4v) is 5.96. The van der Waals surface area contributed by atoms with E-state index in [1.807, 2.05) is 22.8 Å². The summed E-state index contributed by atoms with van der Waals surface area (Å²) in [6, 6.07) is 5.59. The van der Waals surface area contributed by atoms with Gasteiger partial charge in [-0.3, -0.25) is 14.3 Å². The highest BCUT2D eigenvalue weighted by molar-refractivity contribution is 7.99. The molecular formula is C24H27N5O3S2. The van der Waals surface area contributed by atoms with Crippen molar-refractivity contribution in [3.05, 3.63) is 53.1 Å². The fraction of sp³-hybridized carbons (Fsp3) is 0.375. The second-order valence-electron chi connectivity index (χ2n) is 7.75. The molecule has 1 aliphatic rings. The summed E-state index contributed by atoms with van der Waals surface area (Å²) in [7, 11) is 0. The number of amides is 1. The van der Waals surface area contributed by atoms with Gasteiger partial charge < -0.3 is 10.1 Å². The molecular weight excluding hydrogens is 470 g/mol. The summed E-state index contributed by atoms with van der Waals surface area (Å²) in [5.74, 6) is 0.174. The Labute approximate surface area is 206 Å². The molecule has 0 saturated heterocycles. The fourth-order valence-electron chi connectivity index (χ4n) is 3.92. The van der Waals surface area contributed by atoms with Crippen LogP contribution in [0.1, 0.15) is 47.0 Å². The molecule has 0 spiro atoms. The number of anilines is 1. The molecule has 0 bridgehead atoms. The number of allylic oxidation sites excluding steroid dienone is 1. The molecule has 1 aliphatic carbocycles. The van der Waals surface area contributed by atoms with Gasteiger partial charge in [0.25, 0.3) is 0 Å². The second-order valence-corrected chi connectivity index (χ2v) is 9.79. The van der Waals surface area contributed by atoms with Crippen LogP contribution in [0, 0.1) is 0 Å². The highest BCUT2D eigenvalue weighted by Gasteiger charge is 2.27. The molecule has 178 valence electrons. The van der Waals surface area contributed by atoms with Gasteiger partial charge in [-0.05, 0) is 50.3 Å². The third-order valence-corrected chi connectivity index (χ3v) is 7.58. The minimum absolute atomic E-state index is 0.127. The number of rotatable bonds is 9. The van der Waals surface area contributed by atoms with Gasteiger partial charge in [0, 0.05) is 17.6 Å². The summed E-state index contributed by atoms with van der Waals surface area (Å²) in [5, 5.41) is 12.7. The summed E-state index contributed by atoms with van der Waals surface area (Å²) in [4.78, 5) is 31.1. The predicted octanol–water partition coefficient (Wildman–Crippen LogP) is 4.76. The maximum absolute atomic E-state index is 12.9. The lowest BCUT2D eigenvalue weighted by Crippen LogP contribution is -2.17. The number of thiophene rings is 1. The van der Waals surface area contributed by atoms with Crippen LogP contribution in [0.5, 0.6) is 0 Å². The monoisotopic (exact) mass is 497 g/mol. The lowest BCUT2D eigenvalue weighted by atomic mass is 10.1. The van der Waals surface area contributed by atoms with Crippen LogP contribution < -0.4 is 5.32 Å². The van der Waals surface area contributed by atoms with E-state index in [1.54, 1.807) is 19.2 Å². The molecule has 4 rings (SSSR count). The van der Waals surface area contributed by atoms with Crippen molar-refractivity contribution in [2.75, 3.05) is 17.7 Å². The second kappa shape index (κ2) is 11.4. The summed E-state index contributed by atoms with van der Waals surface area (Å²) < 4.78 is 7.19. The summed E-state index contributed by atoms with van der Waals surface area (Å²) in [5.41, 5.74) is 2.26. The highest BCUT2D eigenvalue weighted by Crippen LogP contribution is 2.38. The minimum Gasteiger partial charge on any atom is -0.462 e. The van der Waals surface area contributed by atoms with Crippen molar-refractivity contribution in [3.63, 3.8) is 0 Å². The predicted molar refractivity (Wildman–Crippen MR) is 134 cm³/mol. The van der Waals surface area contributed by atoms with Gasteiger partial charge in [0.05, 0.1) is 17.9 Å². The van der Waals surface area contributed by atoms with E-state index >= 15 is 0 Å². The van der Waals surface area contributed by atoms with Crippen LogP contribution in [-0.2, 0) is 28.9 Å². The first-order chi connectivity index (χ1) is 16.6. The van der Waals surface area contributed by atoms with Gasteiger partial charge in [-0.15, -0.1) is 28.1 Å². The summed E-state index contributed by atoms with van der Waals surface area (Å²) in [6.45, 7) is 6.39. The number of thioether (sulfide) groups is 1. The molecule has 1 N–H and O–H groups in total. The zero-order chi connectivity index (χ0) is 23.9. The zero-order valence-electron chi connectivity index (χ0n) is 19.1. The van der Waals surface area contributed by atoms with E-state index in [0.29, 0.717) is 40.4 Å². The van der Waals surface area contributed by atoms with Gasteiger partial charge in [0.1, 0.15) is 10.7 Å². The molecule has 3 heterocycles. The standard InChI is InChI=1S/C24H27N5O3S2/c1-3-14-29-21(17-11-8-9-13-25-17)27-28-24(29)33-15-19(30)26-22-20(23(31)32-4-2)16-10-6-5-7-12-18(16)34-22/h3,8-9,11,13H,1,4-7,10,12,14-15H2,2H3,(H,26,30). The smallest absolute Gasteiger partial charge is 0.341 e.